The number of carbonyl (C=O) groups is 1. The lowest BCUT2D eigenvalue weighted by atomic mass is 9.96. The van der Waals surface area contributed by atoms with Crippen molar-refractivity contribution in [2.75, 3.05) is 31.5 Å². The molecule has 2 rings (SSSR count). The summed E-state index contributed by atoms with van der Waals surface area (Å²) in [4.78, 5) is 14.3. The van der Waals surface area contributed by atoms with E-state index in [1.165, 1.54) is 12.8 Å². The summed E-state index contributed by atoms with van der Waals surface area (Å²) in [5, 5.41) is 6.45. The Morgan fingerprint density at radius 2 is 1.90 bits per heavy atom. The summed E-state index contributed by atoms with van der Waals surface area (Å²) >= 11 is 0. The molecular formula is C17H27N3O. The van der Waals surface area contributed by atoms with Crippen molar-refractivity contribution >= 4 is 11.6 Å². The van der Waals surface area contributed by atoms with Crippen LogP contribution in [-0.4, -0.2) is 43.0 Å². The van der Waals surface area contributed by atoms with Crippen LogP contribution in [0.2, 0.25) is 0 Å². The quantitative estimate of drug-likeness (QED) is 0.845. The fraction of sp³-hybridized carbons (Fsp3) is 0.588. The summed E-state index contributed by atoms with van der Waals surface area (Å²) in [6, 6.07) is 10.2. The molecule has 1 amide bonds. The molecule has 0 saturated carbocycles. The lowest BCUT2D eigenvalue weighted by Crippen LogP contribution is -2.41. The number of hydrogen-bond donors (Lipinski definition) is 2. The normalized spacial score (nSPS) is 17.1. The number of para-hydroxylation sites is 1. The summed E-state index contributed by atoms with van der Waals surface area (Å²) < 4.78 is 0. The van der Waals surface area contributed by atoms with Gasteiger partial charge in [0.15, 0.2) is 0 Å². The van der Waals surface area contributed by atoms with Gasteiger partial charge in [-0.15, -0.1) is 0 Å². The highest BCUT2D eigenvalue weighted by Crippen LogP contribution is 2.16. The van der Waals surface area contributed by atoms with Crippen molar-refractivity contribution in [3.8, 4) is 0 Å². The van der Waals surface area contributed by atoms with E-state index in [1.807, 2.05) is 30.3 Å². The van der Waals surface area contributed by atoms with E-state index in [4.69, 9.17) is 0 Å². The van der Waals surface area contributed by atoms with E-state index in [0.717, 1.165) is 31.2 Å². The van der Waals surface area contributed by atoms with E-state index < -0.39 is 0 Å². The maximum atomic E-state index is 12.0. The second-order valence-corrected chi connectivity index (χ2v) is 6.20. The van der Waals surface area contributed by atoms with E-state index >= 15 is 0 Å². The number of benzene rings is 1. The van der Waals surface area contributed by atoms with Gasteiger partial charge in [0.25, 0.3) is 0 Å². The molecule has 0 spiro atoms. The van der Waals surface area contributed by atoms with Crippen LogP contribution in [0, 0.1) is 5.92 Å². The van der Waals surface area contributed by atoms with E-state index in [2.05, 4.69) is 29.4 Å². The van der Waals surface area contributed by atoms with E-state index in [0.29, 0.717) is 12.6 Å². The lowest BCUT2D eigenvalue weighted by molar-refractivity contribution is -0.117. The Morgan fingerprint density at radius 3 is 2.52 bits per heavy atom. The van der Waals surface area contributed by atoms with Gasteiger partial charge in [-0.1, -0.05) is 32.0 Å². The fourth-order valence-corrected chi connectivity index (χ4v) is 2.68. The molecule has 1 heterocycles. The summed E-state index contributed by atoms with van der Waals surface area (Å²) in [5.74, 6) is 0.834. The molecule has 1 aromatic rings. The van der Waals surface area contributed by atoms with E-state index in [9.17, 15) is 4.79 Å². The summed E-state index contributed by atoms with van der Waals surface area (Å²) in [6.07, 6.45) is 2.36. The maximum absolute atomic E-state index is 12.0. The van der Waals surface area contributed by atoms with E-state index in [-0.39, 0.29) is 5.91 Å². The maximum Gasteiger partial charge on any atom is 0.238 e. The van der Waals surface area contributed by atoms with Crippen LogP contribution < -0.4 is 10.6 Å². The molecule has 4 heteroatoms. The monoisotopic (exact) mass is 289 g/mol. The minimum absolute atomic E-state index is 0.0833. The van der Waals surface area contributed by atoms with Crippen LogP contribution in [0.1, 0.15) is 26.7 Å². The van der Waals surface area contributed by atoms with Crippen molar-refractivity contribution in [2.24, 2.45) is 5.92 Å². The molecule has 1 aliphatic heterocycles. The first-order valence-corrected chi connectivity index (χ1v) is 7.94. The standard InChI is InChI=1S/C17H27N3O/c1-14(2)18-12-15-8-10-20(11-9-15)13-17(21)19-16-6-4-3-5-7-16/h3-7,14-15,18H,8-13H2,1-2H3,(H,19,21). The van der Waals surface area contributed by atoms with Gasteiger partial charge in [-0.3, -0.25) is 9.69 Å². The highest BCUT2D eigenvalue weighted by atomic mass is 16.2. The largest absolute Gasteiger partial charge is 0.325 e. The SMILES string of the molecule is CC(C)NCC1CCN(CC(=O)Nc2ccccc2)CC1. The number of nitrogens with zero attached hydrogens (tertiary/aromatic N) is 1. The van der Waals surface area contributed by atoms with Gasteiger partial charge in [0.05, 0.1) is 6.54 Å². The van der Waals surface area contributed by atoms with Gasteiger partial charge in [0, 0.05) is 11.7 Å². The topological polar surface area (TPSA) is 44.4 Å². The average molecular weight is 289 g/mol. The average Bonchev–Trinajstić information content (AvgIpc) is 2.47. The van der Waals surface area contributed by atoms with Crippen molar-refractivity contribution < 1.29 is 4.79 Å². The van der Waals surface area contributed by atoms with Crippen LogP contribution in [0.5, 0.6) is 0 Å². The molecule has 0 radical (unpaired) electrons. The second kappa shape index (κ2) is 8.15. The zero-order chi connectivity index (χ0) is 15.1. The van der Waals surface area contributed by atoms with Gasteiger partial charge >= 0.3 is 0 Å². The molecule has 0 bridgehead atoms. The van der Waals surface area contributed by atoms with Gasteiger partial charge < -0.3 is 10.6 Å². The van der Waals surface area contributed by atoms with Crippen LogP contribution in [0.15, 0.2) is 30.3 Å². The molecule has 1 saturated heterocycles. The van der Waals surface area contributed by atoms with Crippen molar-refractivity contribution in [2.45, 2.75) is 32.7 Å². The Hall–Kier alpha value is -1.39. The number of rotatable bonds is 6. The highest BCUT2D eigenvalue weighted by molar-refractivity contribution is 5.92. The first-order valence-electron chi connectivity index (χ1n) is 7.94. The Balaban J connectivity index is 1.67. The minimum Gasteiger partial charge on any atom is -0.325 e. The highest BCUT2D eigenvalue weighted by Gasteiger charge is 2.20. The van der Waals surface area contributed by atoms with Gasteiger partial charge in [-0.25, -0.2) is 0 Å². The summed E-state index contributed by atoms with van der Waals surface area (Å²) in [6.45, 7) is 8.01. The van der Waals surface area contributed by atoms with Crippen molar-refractivity contribution in [1.82, 2.24) is 10.2 Å². The second-order valence-electron chi connectivity index (χ2n) is 6.20. The van der Waals surface area contributed by atoms with Gasteiger partial charge in [0.1, 0.15) is 0 Å². The fourth-order valence-electron chi connectivity index (χ4n) is 2.68. The summed E-state index contributed by atoms with van der Waals surface area (Å²) in [7, 11) is 0. The number of likely N-dealkylation sites (tertiary alicyclic amines) is 1. The molecule has 0 aromatic heterocycles. The predicted octanol–water partition coefficient (Wildman–Crippen LogP) is 2.34. The van der Waals surface area contributed by atoms with Crippen LogP contribution in [0.25, 0.3) is 0 Å². The van der Waals surface area contributed by atoms with E-state index in [1.54, 1.807) is 0 Å². The molecule has 1 fully saturated rings. The number of nitrogens with one attached hydrogen (secondary N) is 2. The molecule has 0 atom stereocenters. The number of hydrogen-bond acceptors (Lipinski definition) is 3. The van der Waals surface area contributed by atoms with Crippen LogP contribution >= 0.6 is 0 Å². The zero-order valence-electron chi connectivity index (χ0n) is 13.1. The third kappa shape index (κ3) is 5.86. The summed E-state index contributed by atoms with van der Waals surface area (Å²) in [5.41, 5.74) is 0.874. The molecule has 1 aromatic carbocycles. The zero-order valence-corrected chi connectivity index (χ0v) is 13.1. The van der Waals surface area contributed by atoms with Gasteiger partial charge in [-0.05, 0) is 50.5 Å². The lowest BCUT2D eigenvalue weighted by Gasteiger charge is -2.31. The number of anilines is 1. The Kier molecular flexibility index (Phi) is 6.21. The van der Waals surface area contributed by atoms with Crippen molar-refractivity contribution in [1.29, 1.82) is 0 Å². The molecule has 4 nitrogen and oxygen atoms in total. The Morgan fingerprint density at radius 1 is 1.24 bits per heavy atom. The minimum atomic E-state index is 0.0833. The smallest absolute Gasteiger partial charge is 0.238 e. The molecule has 2 N–H and O–H groups in total. The third-order valence-electron chi connectivity index (χ3n) is 3.95. The van der Waals surface area contributed by atoms with Crippen molar-refractivity contribution in [3.63, 3.8) is 0 Å². The number of amides is 1. The van der Waals surface area contributed by atoms with Gasteiger partial charge in [-0.2, -0.15) is 0 Å². The molecular weight excluding hydrogens is 262 g/mol. The van der Waals surface area contributed by atoms with Gasteiger partial charge in [0.2, 0.25) is 5.91 Å². The first-order chi connectivity index (χ1) is 10.1. The van der Waals surface area contributed by atoms with Crippen LogP contribution in [0.4, 0.5) is 5.69 Å². The predicted molar refractivity (Wildman–Crippen MR) is 87.4 cm³/mol. The molecule has 1 aliphatic rings. The Labute approximate surface area is 127 Å². The molecule has 21 heavy (non-hydrogen) atoms. The van der Waals surface area contributed by atoms with Crippen LogP contribution in [0.3, 0.4) is 0 Å². The molecule has 0 unspecified atom stereocenters. The first kappa shape index (κ1) is 16.0. The number of piperidine rings is 1. The molecule has 116 valence electrons. The third-order valence-corrected chi connectivity index (χ3v) is 3.95. The van der Waals surface area contributed by atoms with Crippen LogP contribution in [-0.2, 0) is 4.79 Å². The molecule has 0 aliphatic carbocycles. The number of carbonyl (C=O) groups excluding carboxylic acids is 1. The Bertz CT molecular complexity index is 425. The van der Waals surface area contributed by atoms with Crippen molar-refractivity contribution in [3.05, 3.63) is 30.3 Å².